The zero-order valence-electron chi connectivity index (χ0n) is 24.6. The SMILES string of the molecule is Cc1cnc(Nc2cc(C)n(C)n2)nc1-c1c[nH]c2c(N3Cc4c(NC(=O)C5CCCCC5)cccc4C3=O)cccc12. The maximum absolute atomic E-state index is 13.7. The number of para-hydroxylation sites is 1. The summed E-state index contributed by atoms with van der Waals surface area (Å²) in [4.78, 5) is 41.3. The van der Waals surface area contributed by atoms with Crippen LogP contribution < -0.4 is 15.5 Å². The fourth-order valence-electron chi connectivity index (χ4n) is 6.31. The van der Waals surface area contributed by atoms with Crippen LogP contribution in [0.5, 0.6) is 0 Å². The van der Waals surface area contributed by atoms with Crippen molar-refractivity contribution < 1.29 is 9.59 Å². The number of amides is 2. The minimum absolute atomic E-state index is 0.0398. The summed E-state index contributed by atoms with van der Waals surface area (Å²) in [6.07, 6.45) is 8.96. The van der Waals surface area contributed by atoms with E-state index in [9.17, 15) is 9.59 Å². The highest BCUT2D eigenvalue weighted by Crippen LogP contribution is 2.39. The maximum Gasteiger partial charge on any atom is 0.259 e. The molecule has 0 atom stereocenters. The van der Waals surface area contributed by atoms with Crippen LogP contribution in [0.4, 0.5) is 23.1 Å². The number of H-pyrrole nitrogens is 1. The van der Waals surface area contributed by atoms with Crippen molar-refractivity contribution in [1.82, 2.24) is 24.7 Å². The van der Waals surface area contributed by atoms with Gasteiger partial charge in [-0.3, -0.25) is 14.3 Å². The number of fused-ring (bicyclic) bond motifs is 2. The predicted octanol–water partition coefficient (Wildman–Crippen LogP) is 6.40. The Hall–Kier alpha value is -4.99. The summed E-state index contributed by atoms with van der Waals surface area (Å²) in [5.41, 5.74) is 7.49. The van der Waals surface area contributed by atoms with E-state index in [4.69, 9.17) is 4.98 Å². The van der Waals surface area contributed by atoms with E-state index in [2.05, 4.69) is 25.7 Å². The first-order valence-electron chi connectivity index (χ1n) is 14.8. The zero-order chi connectivity index (χ0) is 29.7. The number of carbonyl (C=O) groups is 2. The number of nitrogens with zero attached hydrogens (tertiary/aromatic N) is 5. The monoisotopic (exact) mass is 574 g/mol. The van der Waals surface area contributed by atoms with E-state index in [0.717, 1.165) is 76.0 Å². The highest BCUT2D eigenvalue weighted by atomic mass is 16.2. The van der Waals surface area contributed by atoms with Gasteiger partial charge in [-0.25, -0.2) is 9.97 Å². The highest BCUT2D eigenvalue weighted by molar-refractivity contribution is 6.15. The molecule has 4 heterocycles. The van der Waals surface area contributed by atoms with Crippen LogP contribution in [0.25, 0.3) is 22.2 Å². The van der Waals surface area contributed by atoms with E-state index >= 15 is 0 Å². The second-order valence-corrected chi connectivity index (χ2v) is 11.6. The number of aromatic nitrogens is 5. The van der Waals surface area contributed by atoms with E-state index in [-0.39, 0.29) is 17.7 Å². The normalized spacial score (nSPS) is 15.2. The van der Waals surface area contributed by atoms with Crippen LogP contribution in [-0.2, 0) is 18.4 Å². The van der Waals surface area contributed by atoms with Gasteiger partial charge in [0.25, 0.3) is 5.91 Å². The highest BCUT2D eigenvalue weighted by Gasteiger charge is 2.33. The summed E-state index contributed by atoms with van der Waals surface area (Å²) in [5.74, 6) is 1.15. The number of hydrogen-bond donors (Lipinski definition) is 3. The van der Waals surface area contributed by atoms with Gasteiger partial charge in [-0.2, -0.15) is 5.10 Å². The van der Waals surface area contributed by atoms with Crippen LogP contribution >= 0.6 is 0 Å². The summed E-state index contributed by atoms with van der Waals surface area (Å²) in [6.45, 7) is 4.35. The Bertz CT molecular complexity index is 1860. The van der Waals surface area contributed by atoms with Gasteiger partial charge in [0.2, 0.25) is 11.9 Å². The lowest BCUT2D eigenvalue weighted by molar-refractivity contribution is -0.120. The number of rotatable bonds is 6. The van der Waals surface area contributed by atoms with Crippen LogP contribution in [0.1, 0.15) is 59.3 Å². The van der Waals surface area contributed by atoms with Crippen molar-refractivity contribution in [2.24, 2.45) is 13.0 Å². The van der Waals surface area contributed by atoms with E-state index in [1.54, 1.807) is 15.8 Å². The molecule has 1 fully saturated rings. The van der Waals surface area contributed by atoms with Crippen molar-refractivity contribution in [2.75, 3.05) is 15.5 Å². The van der Waals surface area contributed by atoms with Gasteiger partial charge in [0.05, 0.1) is 23.4 Å². The van der Waals surface area contributed by atoms with Gasteiger partial charge >= 0.3 is 0 Å². The molecule has 218 valence electrons. The summed E-state index contributed by atoms with van der Waals surface area (Å²) in [7, 11) is 1.89. The Kier molecular flexibility index (Phi) is 6.68. The van der Waals surface area contributed by atoms with Crippen molar-refractivity contribution in [3.05, 3.63) is 77.2 Å². The Morgan fingerprint density at radius 3 is 2.65 bits per heavy atom. The molecule has 7 rings (SSSR count). The third kappa shape index (κ3) is 4.82. The van der Waals surface area contributed by atoms with E-state index in [1.807, 2.05) is 69.6 Å². The van der Waals surface area contributed by atoms with Gasteiger partial charge in [0.15, 0.2) is 5.82 Å². The van der Waals surface area contributed by atoms with Gasteiger partial charge in [-0.1, -0.05) is 37.5 Å². The first-order chi connectivity index (χ1) is 20.9. The molecule has 0 unspecified atom stereocenters. The molecule has 10 nitrogen and oxygen atoms in total. The predicted molar refractivity (Wildman–Crippen MR) is 167 cm³/mol. The van der Waals surface area contributed by atoms with Crippen molar-refractivity contribution in [1.29, 1.82) is 0 Å². The summed E-state index contributed by atoms with van der Waals surface area (Å²) in [5, 5.41) is 11.8. The molecule has 3 N–H and O–H groups in total. The Morgan fingerprint density at radius 1 is 1.05 bits per heavy atom. The van der Waals surface area contributed by atoms with Crippen molar-refractivity contribution in [2.45, 2.75) is 52.5 Å². The second-order valence-electron chi connectivity index (χ2n) is 11.6. The summed E-state index contributed by atoms with van der Waals surface area (Å²) >= 11 is 0. The maximum atomic E-state index is 13.7. The van der Waals surface area contributed by atoms with Gasteiger partial charge in [-0.05, 0) is 50.5 Å². The van der Waals surface area contributed by atoms with E-state index < -0.39 is 0 Å². The fraction of sp³-hybridized carbons (Fsp3) is 0.303. The lowest BCUT2D eigenvalue weighted by Crippen LogP contribution is -2.25. The number of hydrogen-bond acceptors (Lipinski definition) is 6. The minimum Gasteiger partial charge on any atom is -0.359 e. The topological polar surface area (TPSA) is 121 Å². The van der Waals surface area contributed by atoms with Crippen LogP contribution in [0.2, 0.25) is 0 Å². The van der Waals surface area contributed by atoms with Gasteiger partial charge in [-0.15, -0.1) is 0 Å². The van der Waals surface area contributed by atoms with Crippen LogP contribution in [-0.4, -0.2) is 36.5 Å². The number of benzene rings is 2. The fourth-order valence-corrected chi connectivity index (χ4v) is 6.31. The van der Waals surface area contributed by atoms with Crippen LogP contribution in [0.15, 0.2) is 54.9 Å². The molecule has 0 bridgehead atoms. The molecule has 1 aliphatic carbocycles. The molecule has 0 radical (unpaired) electrons. The number of anilines is 4. The molecule has 2 aliphatic rings. The quantitative estimate of drug-likeness (QED) is 0.216. The Morgan fingerprint density at radius 2 is 1.86 bits per heavy atom. The summed E-state index contributed by atoms with van der Waals surface area (Å²) in [6, 6.07) is 13.5. The van der Waals surface area contributed by atoms with E-state index in [0.29, 0.717) is 23.9 Å². The van der Waals surface area contributed by atoms with Gasteiger partial charge in [0.1, 0.15) is 0 Å². The smallest absolute Gasteiger partial charge is 0.259 e. The van der Waals surface area contributed by atoms with Gasteiger partial charge in [0, 0.05) is 64.9 Å². The van der Waals surface area contributed by atoms with E-state index in [1.165, 1.54) is 6.42 Å². The van der Waals surface area contributed by atoms with Crippen molar-refractivity contribution in [3.8, 4) is 11.3 Å². The molecule has 3 aromatic heterocycles. The molecule has 1 saturated carbocycles. The molecular formula is C33H34N8O2. The molecule has 1 aliphatic heterocycles. The zero-order valence-corrected chi connectivity index (χ0v) is 24.6. The van der Waals surface area contributed by atoms with Crippen LogP contribution in [0.3, 0.4) is 0 Å². The van der Waals surface area contributed by atoms with Crippen molar-refractivity contribution in [3.63, 3.8) is 0 Å². The molecule has 5 aromatic rings. The summed E-state index contributed by atoms with van der Waals surface area (Å²) < 4.78 is 1.80. The largest absolute Gasteiger partial charge is 0.359 e. The average Bonchev–Trinajstić information content (AvgIpc) is 3.69. The lowest BCUT2D eigenvalue weighted by atomic mass is 9.88. The molecule has 2 amide bonds. The molecular weight excluding hydrogens is 540 g/mol. The third-order valence-electron chi connectivity index (χ3n) is 8.77. The molecule has 43 heavy (non-hydrogen) atoms. The first-order valence-corrected chi connectivity index (χ1v) is 14.8. The lowest BCUT2D eigenvalue weighted by Gasteiger charge is -2.21. The minimum atomic E-state index is -0.0808. The third-order valence-corrected chi connectivity index (χ3v) is 8.77. The molecule has 0 spiro atoms. The number of nitrogens with one attached hydrogen (secondary N) is 3. The number of carbonyl (C=O) groups excluding carboxylic acids is 2. The Labute approximate surface area is 249 Å². The van der Waals surface area contributed by atoms with Crippen molar-refractivity contribution >= 4 is 45.9 Å². The molecule has 2 aromatic carbocycles. The van der Waals surface area contributed by atoms with Crippen LogP contribution in [0, 0.1) is 19.8 Å². The number of aromatic amines is 1. The first kappa shape index (κ1) is 26.9. The molecule has 10 heteroatoms. The Balaban J connectivity index is 1.19. The standard InChI is InChI=1S/C33H34N8O2/c1-19-16-35-33(37-28-15-20(2)40(3)39-28)38-29(19)24-17-34-30-22(24)11-8-14-27(30)41-18-25-23(32(41)43)12-7-13-26(25)36-31(42)21-9-5-4-6-10-21/h7-8,11-17,21,34H,4-6,9-10,18H2,1-3H3,(H,36,42)(H,35,37,38,39). The molecule has 0 saturated heterocycles. The average molecular weight is 575 g/mol. The number of aryl methyl sites for hydroxylation is 3. The second kappa shape index (κ2) is 10.7. The van der Waals surface area contributed by atoms with Gasteiger partial charge < -0.3 is 20.5 Å².